The molecule has 0 amide bonds. The lowest BCUT2D eigenvalue weighted by atomic mass is 10.4. The molecule has 0 unspecified atom stereocenters. The summed E-state index contributed by atoms with van der Waals surface area (Å²) in [5.41, 5.74) is 0. The van der Waals surface area contributed by atoms with Crippen molar-refractivity contribution in [2.45, 2.75) is 46.8 Å². The second kappa shape index (κ2) is 6.40. The maximum absolute atomic E-state index is 5.37. The Bertz CT molecular complexity index is 105. The summed E-state index contributed by atoms with van der Waals surface area (Å²) in [5.74, 6) is 0. The number of ether oxygens (including phenoxy) is 1. The van der Waals surface area contributed by atoms with E-state index in [1.165, 1.54) is 0 Å². The fraction of sp³-hybridized carbons (Fsp3) is 1.00. The van der Waals surface area contributed by atoms with Crippen LogP contribution in [0.4, 0.5) is 0 Å². The fourth-order valence-electron chi connectivity index (χ4n) is 0.840. The van der Waals surface area contributed by atoms with Crippen LogP contribution in [-0.4, -0.2) is 30.5 Å². The van der Waals surface area contributed by atoms with E-state index in [0.29, 0.717) is 12.8 Å². The van der Waals surface area contributed by atoms with Crippen LogP contribution in [0.2, 0.25) is 0 Å². The van der Waals surface area contributed by atoms with E-state index in [2.05, 4.69) is 20.8 Å². The fourth-order valence-corrected chi connectivity index (χ4v) is 0.840. The normalized spacial score (nSPS) is 12.0. The summed E-state index contributed by atoms with van der Waals surface area (Å²) in [5, 5.41) is 1.91. The van der Waals surface area contributed by atoms with Crippen LogP contribution in [0.5, 0.6) is 0 Å². The highest BCUT2D eigenvalue weighted by atomic mass is 16.8. The lowest BCUT2D eigenvalue weighted by molar-refractivity contribution is -0.244. The molecular weight excluding hydrogens is 154 g/mol. The first-order chi connectivity index (χ1) is 5.57. The molecule has 3 nitrogen and oxygen atoms in total. The van der Waals surface area contributed by atoms with Crippen molar-refractivity contribution >= 4 is 0 Å². The molecule has 0 aromatic heterocycles. The minimum atomic E-state index is 0.232. The maximum Gasteiger partial charge on any atom is 0.167 e. The first kappa shape index (κ1) is 11.9. The SMILES string of the molecule is CCN(OCOC(C)C)C(C)C. The van der Waals surface area contributed by atoms with Gasteiger partial charge in [-0.25, -0.2) is 0 Å². The lowest BCUT2D eigenvalue weighted by Crippen LogP contribution is -2.32. The van der Waals surface area contributed by atoms with Gasteiger partial charge in [-0.15, -0.1) is 0 Å². The van der Waals surface area contributed by atoms with Crippen molar-refractivity contribution in [3.05, 3.63) is 0 Å². The maximum atomic E-state index is 5.37. The summed E-state index contributed by atoms with van der Waals surface area (Å²) in [6, 6.07) is 0.408. The van der Waals surface area contributed by atoms with E-state index in [0.717, 1.165) is 6.54 Å². The van der Waals surface area contributed by atoms with Crippen LogP contribution in [0, 0.1) is 0 Å². The van der Waals surface area contributed by atoms with Gasteiger partial charge in [-0.2, -0.15) is 5.06 Å². The van der Waals surface area contributed by atoms with E-state index < -0.39 is 0 Å². The summed E-state index contributed by atoms with van der Waals surface area (Å²) >= 11 is 0. The van der Waals surface area contributed by atoms with Crippen LogP contribution >= 0.6 is 0 Å². The highest BCUT2D eigenvalue weighted by Crippen LogP contribution is 1.99. The molecule has 0 aromatic rings. The molecule has 0 saturated heterocycles. The van der Waals surface area contributed by atoms with Gasteiger partial charge in [0.15, 0.2) is 6.79 Å². The van der Waals surface area contributed by atoms with Crippen LogP contribution in [0.1, 0.15) is 34.6 Å². The molecule has 0 bridgehead atoms. The van der Waals surface area contributed by atoms with Gasteiger partial charge in [0.05, 0.1) is 6.10 Å². The van der Waals surface area contributed by atoms with Gasteiger partial charge >= 0.3 is 0 Å². The average Bonchev–Trinajstić information content (AvgIpc) is 1.96. The zero-order chi connectivity index (χ0) is 9.56. The molecule has 0 aliphatic rings. The van der Waals surface area contributed by atoms with E-state index in [1.807, 2.05) is 18.9 Å². The van der Waals surface area contributed by atoms with Gasteiger partial charge in [-0.1, -0.05) is 6.92 Å². The molecule has 12 heavy (non-hydrogen) atoms. The monoisotopic (exact) mass is 175 g/mol. The molecule has 0 aliphatic carbocycles. The Morgan fingerprint density at radius 2 is 1.75 bits per heavy atom. The Labute approximate surface area is 75.6 Å². The zero-order valence-corrected chi connectivity index (χ0v) is 8.83. The number of nitrogens with zero attached hydrogens (tertiary/aromatic N) is 1. The molecule has 0 rings (SSSR count). The highest BCUT2D eigenvalue weighted by molar-refractivity contribution is 4.47. The molecule has 3 heteroatoms. The molecular formula is C9H21NO2. The van der Waals surface area contributed by atoms with Crippen molar-refractivity contribution in [2.24, 2.45) is 0 Å². The third kappa shape index (κ3) is 5.52. The second-order valence-electron chi connectivity index (χ2n) is 3.29. The van der Waals surface area contributed by atoms with Gasteiger partial charge in [-0.05, 0) is 27.7 Å². The molecule has 0 fully saturated rings. The summed E-state index contributed by atoms with van der Waals surface area (Å²) in [6.45, 7) is 11.5. The minimum absolute atomic E-state index is 0.232. The first-order valence-corrected chi connectivity index (χ1v) is 4.59. The summed E-state index contributed by atoms with van der Waals surface area (Å²) < 4.78 is 5.26. The number of rotatable bonds is 6. The molecule has 0 saturated carbocycles. The summed E-state index contributed by atoms with van der Waals surface area (Å²) in [7, 11) is 0. The Morgan fingerprint density at radius 1 is 1.17 bits per heavy atom. The molecule has 0 N–H and O–H groups in total. The molecule has 0 heterocycles. The quantitative estimate of drug-likeness (QED) is 0.455. The molecule has 0 spiro atoms. The highest BCUT2D eigenvalue weighted by Gasteiger charge is 2.06. The smallest absolute Gasteiger partial charge is 0.167 e. The van der Waals surface area contributed by atoms with Crippen LogP contribution in [0.3, 0.4) is 0 Å². The van der Waals surface area contributed by atoms with Crippen LogP contribution < -0.4 is 0 Å². The third-order valence-corrected chi connectivity index (χ3v) is 1.51. The van der Waals surface area contributed by atoms with Crippen molar-refractivity contribution in [2.75, 3.05) is 13.3 Å². The minimum Gasteiger partial charge on any atom is -0.351 e. The van der Waals surface area contributed by atoms with Crippen LogP contribution in [0.15, 0.2) is 0 Å². The van der Waals surface area contributed by atoms with E-state index >= 15 is 0 Å². The van der Waals surface area contributed by atoms with Crippen molar-refractivity contribution < 1.29 is 9.57 Å². The van der Waals surface area contributed by atoms with Gasteiger partial charge in [0, 0.05) is 12.6 Å². The van der Waals surface area contributed by atoms with E-state index in [-0.39, 0.29) is 6.10 Å². The van der Waals surface area contributed by atoms with Crippen molar-refractivity contribution in [1.29, 1.82) is 0 Å². The molecule has 0 atom stereocenters. The van der Waals surface area contributed by atoms with Gasteiger partial charge in [0.2, 0.25) is 0 Å². The molecule has 74 valence electrons. The van der Waals surface area contributed by atoms with Crippen molar-refractivity contribution in [3.8, 4) is 0 Å². The summed E-state index contributed by atoms with van der Waals surface area (Å²) in [4.78, 5) is 5.37. The third-order valence-electron chi connectivity index (χ3n) is 1.51. The number of hydrogen-bond donors (Lipinski definition) is 0. The van der Waals surface area contributed by atoms with Crippen molar-refractivity contribution in [3.63, 3.8) is 0 Å². The van der Waals surface area contributed by atoms with Crippen LogP contribution in [-0.2, 0) is 9.57 Å². The number of hydroxylamine groups is 2. The van der Waals surface area contributed by atoms with Gasteiger partial charge in [0.25, 0.3) is 0 Å². The van der Waals surface area contributed by atoms with E-state index in [4.69, 9.17) is 9.57 Å². The Kier molecular flexibility index (Phi) is 6.34. The predicted molar refractivity (Wildman–Crippen MR) is 49.7 cm³/mol. The Balaban J connectivity index is 3.45. The van der Waals surface area contributed by atoms with Crippen molar-refractivity contribution in [1.82, 2.24) is 5.06 Å². The summed E-state index contributed by atoms with van der Waals surface area (Å²) in [6.07, 6.45) is 0.232. The van der Waals surface area contributed by atoms with Gasteiger partial charge < -0.3 is 4.74 Å². The second-order valence-corrected chi connectivity index (χ2v) is 3.29. The average molecular weight is 175 g/mol. The van der Waals surface area contributed by atoms with E-state index in [1.54, 1.807) is 0 Å². The first-order valence-electron chi connectivity index (χ1n) is 4.59. The molecule has 0 radical (unpaired) electrons. The molecule has 0 aromatic carbocycles. The number of hydrogen-bond acceptors (Lipinski definition) is 3. The molecule has 0 aliphatic heterocycles. The lowest BCUT2D eigenvalue weighted by Gasteiger charge is -2.24. The largest absolute Gasteiger partial charge is 0.351 e. The Morgan fingerprint density at radius 3 is 2.08 bits per heavy atom. The Hall–Kier alpha value is -0.120. The van der Waals surface area contributed by atoms with E-state index in [9.17, 15) is 0 Å². The van der Waals surface area contributed by atoms with Gasteiger partial charge in [0.1, 0.15) is 0 Å². The van der Waals surface area contributed by atoms with Gasteiger partial charge in [-0.3, -0.25) is 4.84 Å². The predicted octanol–water partition coefficient (Wildman–Crippen LogP) is 2.03. The zero-order valence-electron chi connectivity index (χ0n) is 8.83. The standard InChI is InChI=1S/C9H21NO2/c1-6-10(8(2)3)12-7-11-9(4)5/h8-9H,6-7H2,1-5H3. The van der Waals surface area contributed by atoms with Crippen LogP contribution in [0.25, 0.3) is 0 Å². The topological polar surface area (TPSA) is 21.7 Å².